The number of carbonyl (C=O) groups is 2. The van der Waals surface area contributed by atoms with E-state index in [0.29, 0.717) is 6.54 Å². The van der Waals surface area contributed by atoms with Gasteiger partial charge in [0.25, 0.3) is 0 Å². The third-order valence-electron chi connectivity index (χ3n) is 2.67. The minimum Gasteiger partial charge on any atom is -0.393 e. The number of carbonyl (C=O) groups excluding carboxylic acids is 2. The van der Waals surface area contributed by atoms with Gasteiger partial charge < -0.3 is 9.64 Å². The van der Waals surface area contributed by atoms with Crippen molar-refractivity contribution in [2.24, 2.45) is 5.41 Å². The molecule has 2 rings (SSSR count). The highest BCUT2D eigenvalue weighted by Gasteiger charge is 2.52. The first kappa shape index (κ1) is 7.73. The van der Waals surface area contributed by atoms with Crippen LogP contribution in [-0.2, 0) is 14.3 Å². The molecule has 2 fully saturated rings. The fraction of sp³-hybridized carbons (Fsp3) is 0.750. The van der Waals surface area contributed by atoms with E-state index in [-0.39, 0.29) is 18.4 Å². The van der Waals surface area contributed by atoms with E-state index in [1.807, 2.05) is 7.05 Å². The van der Waals surface area contributed by atoms with Crippen LogP contribution in [0.15, 0.2) is 0 Å². The molecule has 0 aliphatic carbocycles. The second-order valence-corrected chi connectivity index (χ2v) is 3.71. The van der Waals surface area contributed by atoms with Crippen LogP contribution in [0.25, 0.3) is 0 Å². The van der Waals surface area contributed by atoms with Crippen molar-refractivity contribution in [3.05, 3.63) is 0 Å². The first-order valence-corrected chi connectivity index (χ1v) is 4.06. The Labute approximate surface area is 70.5 Å². The van der Waals surface area contributed by atoms with Gasteiger partial charge in [-0.05, 0) is 20.0 Å². The third kappa shape index (κ3) is 0.948. The molecule has 4 nitrogen and oxygen atoms in total. The number of nitrogens with zero attached hydrogens (tertiary/aromatic N) is 1. The highest BCUT2D eigenvalue weighted by atomic mass is 16.6. The van der Waals surface area contributed by atoms with Crippen LogP contribution in [0.4, 0.5) is 0 Å². The number of likely N-dealkylation sites (tertiary alicyclic amines) is 1. The summed E-state index contributed by atoms with van der Waals surface area (Å²) in [5, 5.41) is 0. The van der Waals surface area contributed by atoms with Crippen LogP contribution in [0.3, 0.4) is 0 Å². The molecule has 0 saturated carbocycles. The minimum absolute atomic E-state index is 0.274. The molecule has 0 N–H and O–H groups in total. The summed E-state index contributed by atoms with van der Waals surface area (Å²) in [6.45, 7) is 1.54. The predicted octanol–water partition coefficient (Wildman–Crippen LogP) is -0.218. The van der Waals surface area contributed by atoms with Gasteiger partial charge in [0.15, 0.2) is 0 Å². The Morgan fingerprint density at radius 1 is 1.50 bits per heavy atom. The van der Waals surface area contributed by atoms with E-state index in [2.05, 4.69) is 9.64 Å². The Balaban J connectivity index is 2.22. The van der Waals surface area contributed by atoms with E-state index in [9.17, 15) is 9.59 Å². The molecule has 66 valence electrons. The molecule has 0 aromatic carbocycles. The number of hydrogen-bond acceptors (Lipinski definition) is 4. The summed E-state index contributed by atoms with van der Waals surface area (Å²) >= 11 is 0. The van der Waals surface area contributed by atoms with Crippen molar-refractivity contribution in [3.63, 3.8) is 0 Å². The third-order valence-corrected chi connectivity index (χ3v) is 2.67. The molecule has 1 unspecified atom stereocenters. The van der Waals surface area contributed by atoms with Gasteiger partial charge in [-0.1, -0.05) is 0 Å². The SMILES string of the molecule is CN1CCC2(CC(=O)OC2=O)C1. The summed E-state index contributed by atoms with van der Waals surface area (Å²) < 4.78 is 4.54. The van der Waals surface area contributed by atoms with Gasteiger partial charge in [-0.2, -0.15) is 0 Å². The van der Waals surface area contributed by atoms with E-state index in [0.717, 1.165) is 13.0 Å². The molecule has 1 atom stereocenters. The molecule has 12 heavy (non-hydrogen) atoms. The summed E-state index contributed by atoms with van der Waals surface area (Å²) in [7, 11) is 1.95. The molecule has 0 aromatic heterocycles. The predicted molar refractivity (Wildman–Crippen MR) is 40.3 cm³/mol. The van der Waals surface area contributed by atoms with Crippen molar-refractivity contribution in [1.29, 1.82) is 0 Å². The zero-order valence-electron chi connectivity index (χ0n) is 7.00. The van der Waals surface area contributed by atoms with E-state index in [1.54, 1.807) is 0 Å². The molecule has 2 saturated heterocycles. The molecule has 1 spiro atoms. The maximum absolute atomic E-state index is 11.3. The Morgan fingerprint density at radius 2 is 2.25 bits per heavy atom. The normalized spacial score (nSPS) is 36.4. The number of rotatable bonds is 0. The van der Waals surface area contributed by atoms with Gasteiger partial charge in [0.1, 0.15) is 0 Å². The summed E-state index contributed by atoms with van der Waals surface area (Å²) in [4.78, 5) is 24.2. The minimum atomic E-state index is -0.494. The lowest BCUT2D eigenvalue weighted by Gasteiger charge is -2.15. The van der Waals surface area contributed by atoms with E-state index < -0.39 is 5.41 Å². The maximum atomic E-state index is 11.3. The first-order valence-electron chi connectivity index (χ1n) is 4.06. The van der Waals surface area contributed by atoms with Gasteiger partial charge in [-0.3, -0.25) is 9.59 Å². The van der Waals surface area contributed by atoms with Crippen LogP contribution in [0, 0.1) is 5.41 Å². The Bertz CT molecular complexity index is 251. The molecule has 4 heteroatoms. The van der Waals surface area contributed by atoms with Crippen LogP contribution < -0.4 is 0 Å². The molecule has 0 aromatic rings. The second-order valence-electron chi connectivity index (χ2n) is 3.71. The smallest absolute Gasteiger partial charge is 0.321 e. The zero-order valence-corrected chi connectivity index (χ0v) is 7.00. The molecular formula is C8H11NO3. The van der Waals surface area contributed by atoms with Gasteiger partial charge in [0.2, 0.25) is 0 Å². The molecule has 0 bridgehead atoms. The summed E-state index contributed by atoms with van der Waals surface area (Å²) in [6, 6.07) is 0. The number of cyclic esters (lactones) is 2. The Hall–Kier alpha value is -0.900. The molecule has 2 aliphatic heterocycles. The average Bonchev–Trinajstić information content (AvgIpc) is 2.43. The monoisotopic (exact) mass is 169 g/mol. The lowest BCUT2D eigenvalue weighted by molar-refractivity contribution is -0.154. The zero-order chi connectivity index (χ0) is 8.77. The van der Waals surface area contributed by atoms with Crippen molar-refractivity contribution in [3.8, 4) is 0 Å². The largest absolute Gasteiger partial charge is 0.393 e. The van der Waals surface area contributed by atoms with Crippen molar-refractivity contribution in [2.45, 2.75) is 12.8 Å². The Morgan fingerprint density at radius 3 is 2.67 bits per heavy atom. The maximum Gasteiger partial charge on any atom is 0.321 e. The van der Waals surface area contributed by atoms with Crippen LogP contribution in [-0.4, -0.2) is 37.0 Å². The van der Waals surface area contributed by atoms with Crippen LogP contribution in [0.5, 0.6) is 0 Å². The van der Waals surface area contributed by atoms with Crippen LogP contribution in [0.2, 0.25) is 0 Å². The van der Waals surface area contributed by atoms with E-state index in [1.165, 1.54) is 0 Å². The van der Waals surface area contributed by atoms with Crippen molar-refractivity contribution < 1.29 is 14.3 Å². The summed E-state index contributed by atoms with van der Waals surface area (Å²) in [5.74, 6) is -0.688. The fourth-order valence-corrected chi connectivity index (χ4v) is 1.99. The topological polar surface area (TPSA) is 46.6 Å². The Kier molecular flexibility index (Phi) is 1.48. The van der Waals surface area contributed by atoms with Gasteiger partial charge in [-0.15, -0.1) is 0 Å². The number of esters is 2. The van der Waals surface area contributed by atoms with Crippen molar-refractivity contribution in [1.82, 2.24) is 4.90 Å². The second kappa shape index (κ2) is 2.29. The summed E-state index contributed by atoms with van der Waals surface area (Å²) in [5.41, 5.74) is -0.494. The van der Waals surface area contributed by atoms with Gasteiger partial charge >= 0.3 is 11.9 Å². The van der Waals surface area contributed by atoms with Gasteiger partial charge in [0.05, 0.1) is 11.8 Å². The summed E-state index contributed by atoms with van der Waals surface area (Å²) in [6.07, 6.45) is 1.03. The van der Waals surface area contributed by atoms with E-state index >= 15 is 0 Å². The average molecular weight is 169 g/mol. The molecular weight excluding hydrogens is 158 g/mol. The van der Waals surface area contributed by atoms with Crippen molar-refractivity contribution in [2.75, 3.05) is 20.1 Å². The van der Waals surface area contributed by atoms with Crippen molar-refractivity contribution >= 4 is 11.9 Å². The van der Waals surface area contributed by atoms with Crippen LogP contribution >= 0.6 is 0 Å². The number of hydrogen-bond donors (Lipinski definition) is 0. The van der Waals surface area contributed by atoms with Gasteiger partial charge in [-0.25, -0.2) is 0 Å². The highest BCUT2D eigenvalue weighted by molar-refractivity contribution is 5.97. The molecule has 0 amide bonds. The quantitative estimate of drug-likeness (QED) is 0.371. The molecule has 0 radical (unpaired) electrons. The molecule has 2 heterocycles. The molecule has 2 aliphatic rings. The lowest BCUT2D eigenvalue weighted by atomic mass is 9.86. The first-order chi connectivity index (χ1) is 5.62. The van der Waals surface area contributed by atoms with Crippen LogP contribution in [0.1, 0.15) is 12.8 Å². The fourth-order valence-electron chi connectivity index (χ4n) is 1.99. The highest BCUT2D eigenvalue weighted by Crippen LogP contribution is 2.39. The standard InChI is InChI=1S/C8H11NO3/c1-9-3-2-8(5-9)4-6(10)12-7(8)11/h2-5H2,1H3. The number of ether oxygens (including phenoxy) is 1. The lowest BCUT2D eigenvalue weighted by Crippen LogP contribution is -2.29. The van der Waals surface area contributed by atoms with Gasteiger partial charge in [0, 0.05) is 6.54 Å². The van der Waals surface area contributed by atoms with E-state index in [4.69, 9.17) is 0 Å².